The number of hydrogen-bond acceptors (Lipinski definition) is 3. The van der Waals surface area contributed by atoms with Crippen LogP contribution in [0.3, 0.4) is 0 Å². The third-order valence-corrected chi connectivity index (χ3v) is 3.13. The van der Waals surface area contributed by atoms with Crippen molar-refractivity contribution in [3.8, 4) is 0 Å². The van der Waals surface area contributed by atoms with Crippen LogP contribution in [0.4, 0.5) is 0 Å². The molecule has 5 nitrogen and oxygen atoms in total. The molecule has 5 heteroatoms. The Bertz CT molecular complexity index is 320. The summed E-state index contributed by atoms with van der Waals surface area (Å²) in [6.07, 6.45) is 2.14. The van der Waals surface area contributed by atoms with E-state index in [1.54, 1.807) is 11.0 Å². The number of hydrogen-bond donors (Lipinski definition) is 1. The van der Waals surface area contributed by atoms with E-state index in [1.807, 2.05) is 18.7 Å². The second-order valence-corrected chi connectivity index (χ2v) is 4.94. The largest absolute Gasteiger partial charge is 0.339 e. The molecule has 0 saturated carbocycles. The van der Waals surface area contributed by atoms with Gasteiger partial charge < -0.3 is 15.5 Å². The van der Waals surface area contributed by atoms with Gasteiger partial charge in [-0.15, -0.1) is 6.58 Å². The Labute approximate surface area is 109 Å². The van der Waals surface area contributed by atoms with E-state index in [0.717, 1.165) is 0 Å². The Kier molecular flexibility index (Phi) is 5.34. The van der Waals surface area contributed by atoms with Crippen LogP contribution in [-0.2, 0) is 9.59 Å². The summed E-state index contributed by atoms with van der Waals surface area (Å²) in [6, 6.07) is -0.505. The van der Waals surface area contributed by atoms with Crippen LogP contribution < -0.4 is 5.73 Å². The van der Waals surface area contributed by atoms with Crippen molar-refractivity contribution < 1.29 is 9.59 Å². The molecule has 102 valence electrons. The van der Waals surface area contributed by atoms with Gasteiger partial charge in [-0.2, -0.15) is 0 Å². The molecule has 0 aromatic rings. The van der Waals surface area contributed by atoms with Gasteiger partial charge >= 0.3 is 0 Å². The van der Waals surface area contributed by atoms with Gasteiger partial charge in [-0.3, -0.25) is 9.59 Å². The van der Waals surface area contributed by atoms with Crippen LogP contribution in [0.5, 0.6) is 0 Å². The average Bonchev–Trinajstić information content (AvgIpc) is 2.37. The normalized spacial score (nSPS) is 17.8. The lowest BCUT2D eigenvalue weighted by atomic mass is 10.1. The number of carbonyl (C=O) groups excluding carboxylic acids is 2. The average molecular weight is 253 g/mol. The Balaban J connectivity index is 2.46. The molecule has 0 bridgehead atoms. The fraction of sp³-hybridized carbons (Fsp3) is 0.692. The first-order chi connectivity index (χ1) is 8.47. The number of rotatable bonds is 4. The fourth-order valence-corrected chi connectivity index (χ4v) is 2.03. The van der Waals surface area contributed by atoms with E-state index < -0.39 is 6.04 Å². The van der Waals surface area contributed by atoms with Gasteiger partial charge in [0.2, 0.25) is 11.8 Å². The first-order valence-electron chi connectivity index (χ1n) is 6.41. The molecule has 1 heterocycles. The Morgan fingerprint density at radius 2 is 1.61 bits per heavy atom. The summed E-state index contributed by atoms with van der Waals surface area (Å²) in [7, 11) is 0. The van der Waals surface area contributed by atoms with E-state index in [1.165, 1.54) is 0 Å². The number of piperazine rings is 1. The maximum absolute atomic E-state index is 11.9. The zero-order chi connectivity index (χ0) is 13.7. The molecule has 1 rings (SSSR count). The summed E-state index contributed by atoms with van der Waals surface area (Å²) in [5.41, 5.74) is 5.76. The zero-order valence-electron chi connectivity index (χ0n) is 11.3. The van der Waals surface area contributed by atoms with E-state index in [-0.39, 0.29) is 17.7 Å². The van der Waals surface area contributed by atoms with Gasteiger partial charge in [0.25, 0.3) is 0 Å². The number of carbonyl (C=O) groups is 2. The minimum absolute atomic E-state index is 0.00951. The quantitative estimate of drug-likeness (QED) is 0.729. The van der Waals surface area contributed by atoms with E-state index in [2.05, 4.69) is 6.58 Å². The first-order valence-corrected chi connectivity index (χ1v) is 6.41. The second-order valence-electron chi connectivity index (χ2n) is 4.94. The molecule has 2 N–H and O–H groups in total. The lowest BCUT2D eigenvalue weighted by molar-refractivity contribution is -0.142. The Morgan fingerprint density at radius 1 is 1.17 bits per heavy atom. The van der Waals surface area contributed by atoms with Gasteiger partial charge in [0.15, 0.2) is 0 Å². The van der Waals surface area contributed by atoms with Crippen LogP contribution >= 0.6 is 0 Å². The third-order valence-electron chi connectivity index (χ3n) is 3.13. The molecular weight excluding hydrogens is 230 g/mol. The molecule has 1 atom stereocenters. The van der Waals surface area contributed by atoms with Crippen LogP contribution in [0, 0.1) is 5.92 Å². The van der Waals surface area contributed by atoms with Crippen LogP contribution in [0.25, 0.3) is 0 Å². The highest BCUT2D eigenvalue weighted by atomic mass is 16.2. The highest BCUT2D eigenvalue weighted by Crippen LogP contribution is 2.08. The summed E-state index contributed by atoms with van der Waals surface area (Å²) < 4.78 is 0. The van der Waals surface area contributed by atoms with Gasteiger partial charge in [-0.05, 0) is 6.42 Å². The molecule has 1 unspecified atom stereocenters. The van der Waals surface area contributed by atoms with Crippen molar-refractivity contribution in [1.29, 1.82) is 0 Å². The SMILES string of the molecule is C=CCC(N)C(=O)N1CCN(C(=O)C(C)C)CC1. The minimum atomic E-state index is -0.505. The Hall–Kier alpha value is -1.36. The maximum Gasteiger partial charge on any atom is 0.239 e. The number of nitrogens with two attached hydrogens (primary N) is 1. The molecular formula is C13H23N3O2. The van der Waals surface area contributed by atoms with Gasteiger partial charge in [0.1, 0.15) is 0 Å². The van der Waals surface area contributed by atoms with Gasteiger partial charge in [-0.25, -0.2) is 0 Å². The molecule has 0 aliphatic carbocycles. The van der Waals surface area contributed by atoms with Crippen LogP contribution in [0.15, 0.2) is 12.7 Å². The van der Waals surface area contributed by atoms with E-state index in [0.29, 0.717) is 32.6 Å². The molecule has 18 heavy (non-hydrogen) atoms. The summed E-state index contributed by atoms with van der Waals surface area (Å²) in [5.74, 6) is 0.110. The summed E-state index contributed by atoms with van der Waals surface area (Å²) in [5, 5.41) is 0. The molecule has 1 aliphatic rings. The van der Waals surface area contributed by atoms with Crippen molar-refractivity contribution in [2.75, 3.05) is 26.2 Å². The van der Waals surface area contributed by atoms with Crippen LogP contribution in [-0.4, -0.2) is 53.8 Å². The Morgan fingerprint density at radius 3 is 2.00 bits per heavy atom. The lowest BCUT2D eigenvalue weighted by Gasteiger charge is -2.36. The standard InChI is InChI=1S/C13H23N3O2/c1-4-5-11(14)13(18)16-8-6-15(7-9-16)12(17)10(2)3/h4,10-11H,1,5-9,14H2,2-3H3. The summed E-state index contributed by atoms with van der Waals surface area (Å²) in [4.78, 5) is 27.3. The predicted octanol–water partition coefficient (Wildman–Crippen LogP) is 0.217. The maximum atomic E-state index is 11.9. The second kappa shape index (κ2) is 6.54. The number of nitrogens with zero attached hydrogens (tertiary/aromatic N) is 2. The lowest BCUT2D eigenvalue weighted by Crippen LogP contribution is -2.54. The van der Waals surface area contributed by atoms with Crippen molar-refractivity contribution in [2.45, 2.75) is 26.3 Å². The smallest absolute Gasteiger partial charge is 0.239 e. The molecule has 0 aromatic heterocycles. The molecule has 2 amide bonds. The van der Waals surface area contributed by atoms with Crippen molar-refractivity contribution in [3.05, 3.63) is 12.7 Å². The van der Waals surface area contributed by atoms with Gasteiger partial charge in [0.05, 0.1) is 6.04 Å². The van der Waals surface area contributed by atoms with E-state index >= 15 is 0 Å². The topological polar surface area (TPSA) is 66.6 Å². The van der Waals surface area contributed by atoms with Crippen molar-refractivity contribution in [3.63, 3.8) is 0 Å². The van der Waals surface area contributed by atoms with Gasteiger partial charge in [-0.1, -0.05) is 19.9 Å². The molecule has 1 aliphatic heterocycles. The van der Waals surface area contributed by atoms with Gasteiger partial charge in [0, 0.05) is 32.1 Å². The highest BCUT2D eigenvalue weighted by molar-refractivity contribution is 5.82. The van der Waals surface area contributed by atoms with Crippen molar-refractivity contribution >= 4 is 11.8 Å². The molecule has 0 radical (unpaired) electrons. The number of amides is 2. The summed E-state index contributed by atoms with van der Waals surface area (Å²) >= 11 is 0. The van der Waals surface area contributed by atoms with E-state index in [9.17, 15) is 9.59 Å². The summed E-state index contributed by atoms with van der Waals surface area (Å²) in [6.45, 7) is 9.70. The van der Waals surface area contributed by atoms with Crippen molar-refractivity contribution in [2.24, 2.45) is 11.7 Å². The molecule has 0 aromatic carbocycles. The molecule has 0 spiro atoms. The zero-order valence-corrected chi connectivity index (χ0v) is 11.3. The predicted molar refractivity (Wildman–Crippen MR) is 70.8 cm³/mol. The fourth-order valence-electron chi connectivity index (χ4n) is 2.03. The first kappa shape index (κ1) is 14.7. The van der Waals surface area contributed by atoms with Crippen molar-refractivity contribution in [1.82, 2.24) is 9.80 Å². The molecule has 1 saturated heterocycles. The third kappa shape index (κ3) is 3.57. The van der Waals surface area contributed by atoms with Crippen LogP contribution in [0.1, 0.15) is 20.3 Å². The molecule has 1 fully saturated rings. The van der Waals surface area contributed by atoms with Crippen LogP contribution in [0.2, 0.25) is 0 Å². The van der Waals surface area contributed by atoms with E-state index in [4.69, 9.17) is 5.73 Å². The minimum Gasteiger partial charge on any atom is -0.339 e. The monoisotopic (exact) mass is 253 g/mol. The highest BCUT2D eigenvalue weighted by Gasteiger charge is 2.27.